The van der Waals surface area contributed by atoms with Crippen LogP contribution in [0.25, 0.3) is 0 Å². The van der Waals surface area contributed by atoms with E-state index in [1.165, 1.54) is 4.90 Å². The van der Waals surface area contributed by atoms with E-state index in [4.69, 9.17) is 9.47 Å². The van der Waals surface area contributed by atoms with E-state index < -0.39 is 12.0 Å². The lowest BCUT2D eigenvalue weighted by molar-refractivity contribution is -0.918. The zero-order valence-electron chi connectivity index (χ0n) is 16.7. The number of rotatable bonds is 5. The van der Waals surface area contributed by atoms with Crippen molar-refractivity contribution >= 4 is 29.6 Å². The van der Waals surface area contributed by atoms with Gasteiger partial charge in [0.25, 0.3) is 5.91 Å². The zero-order valence-corrected chi connectivity index (χ0v) is 16.7. The molecule has 2 fully saturated rings. The van der Waals surface area contributed by atoms with Gasteiger partial charge >= 0.3 is 12.1 Å². The van der Waals surface area contributed by atoms with Gasteiger partial charge in [0.15, 0.2) is 6.04 Å². The monoisotopic (exact) mass is 404 g/mol. The van der Waals surface area contributed by atoms with Crippen LogP contribution in [0.4, 0.5) is 10.5 Å². The standard InChI is InChI=1S/C20H25N3O6/c1-3-28-19(26)14-5-7-15(8-6-14)23-17(24)13-16(18(23)25)21-9-11-22(12-10-21)20(27)29-4-2/h5-8,16H,3-4,9-13H2,1-2H3/p+1/t16-/m0/s1. The molecule has 2 heterocycles. The number of carbonyl (C=O) groups excluding carboxylic acids is 4. The highest BCUT2D eigenvalue weighted by Crippen LogP contribution is 2.23. The SMILES string of the molecule is CCOC(=O)c1ccc(N2C(=O)C[C@H]([NH+]3CCN(C(=O)OCC)CC3)C2=O)cc1. The highest BCUT2D eigenvalue weighted by Gasteiger charge is 2.46. The lowest BCUT2D eigenvalue weighted by Gasteiger charge is -2.33. The molecule has 2 aliphatic heterocycles. The van der Waals surface area contributed by atoms with E-state index in [1.807, 2.05) is 0 Å². The van der Waals surface area contributed by atoms with Crippen molar-refractivity contribution < 1.29 is 33.6 Å². The molecule has 0 saturated carbocycles. The third-order valence-corrected chi connectivity index (χ3v) is 5.21. The summed E-state index contributed by atoms with van der Waals surface area (Å²) in [5.41, 5.74) is 0.812. The van der Waals surface area contributed by atoms with E-state index in [1.54, 1.807) is 43.0 Å². The highest BCUT2D eigenvalue weighted by molar-refractivity contribution is 6.22. The van der Waals surface area contributed by atoms with Crippen LogP contribution in [0.5, 0.6) is 0 Å². The Balaban J connectivity index is 1.64. The quantitative estimate of drug-likeness (QED) is 0.542. The maximum atomic E-state index is 12.9. The minimum Gasteiger partial charge on any atom is -0.462 e. The lowest BCUT2D eigenvalue weighted by Crippen LogP contribution is -3.19. The number of carbonyl (C=O) groups is 4. The van der Waals surface area contributed by atoms with Crippen molar-refractivity contribution in [2.75, 3.05) is 44.3 Å². The molecular weight excluding hydrogens is 378 g/mol. The van der Waals surface area contributed by atoms with Gasteiger partial charge in [-0.25, -0.2) is 14.5 Å². The lowest BCUT2D eigenvalue weighted by atomic mass is 10.1. The number of piperazine rings is 1. The first-order chi connectivity index (χ1) is 14.0. The van der Waals surface area contributed by atoms with Gasteiger partial charge in [-0.2, -0.15) is 0 Å². The van der Waals surface area contributed by atoms with Gasteiger partial charge in [0.05, 0.1) is 57.1 Å². The number of anilines is 1. The van der Waals surface area contributed by atoms with Gasteiger partial charge in [-0.1, -0.05) is 0 Å². The number of hydrogen-bond donors (Lipinski definition) is 1. The molecule has 156 valence electrons. The van der Waals surface area contributed by atoms with Gasteiger partial charge in [-0.15, -0.1) is 0 Å². The molecule has 1 N–H and O–H groups in total. The minimum atomic E-state index is -0.462. The van der Waals surface area contributed by atoms with Crippen LogP contribution >= 0.6 is 0 Å². The molecule has 0 unspecified atom stereocenters. The van der Waals surface area contributed by atoms with Crippen LogP contribution in [0.15, 0.2) is 24.3 Å². The fraction of sp³-hybridized carbons (Fsp3) is 0.500. The van der Waals surface area contributed by atoms with Crippen molar-refractivity contribution in [2.24, 2.45) is 0 Å². The predicted molar refractivity (Wildman–Crippen MR) is 103 cm³/mol. The van der Waals surface area contributed by atoms with Gasteiger partial charge in [0.1, 0.15) is 0 Å². The van der Waals surface area contributed by atoms with Crippen LogP contribution in [0.2, 0.25) is 0 Å². The van der Waals surface area contributed by atoms with E-state index in [2.05, 4.69) is 0 Å². The largest absolute Gasteiger partial charge is 0.462 e. The molecule has 0 aromatic heterocycles. The molecular formula is C20H26N3O6+. The number of nitrogens with zero attached hydrogens (tertiary/aromatic N) is 2. The molecule has 9 heteroatoms. The first-order valence-electron chi connectivity index (χ1n) is 9.86. The Morgan fingerprint density at radius 3 is 2.24 bits per heavy atom. The number of benzene rings is 1. The summed E-state index contributed by atoms with van der Waals surface area (Å²) in [6.07, 6.45) is -0.212. The molecule has 2 aliphatic rings. The van der Waals surface area contributed by atoms with Crippen LogP contribution in [0, 0.1) is 0 Å². The van der Waals surface area contributed by atoms with Crippen molar-refractivity contribution in [3.63, 3.8) is 0 Å². The summed E-state index contributed by atoms with van der Waals surface area (Å²) in [5.74, 6) is -0.956. The summed E-state index contributed by atoms with van der Waals surface area (Å²) < 4.78 is 9.96. The second-order valence-electron chi connectivity index (χ2n) is 6.94. The molecule has 1 atom stereocenters. The maximum absolute atomic E-state index is 12.9. The van der Waals surface area contributed by atoms with E-state index >= 15 is 0 Å². The van der Waals surface area contributed by atoms with E-state index in [9.17, 15) is 19.2 Å². The molecule has 2 saturated heterocycles. The average molecular weight is 404 g/mol. The molecule has 29 heavy (non-hydrogen) atoms. The van der Waals surface area contributed by atoms with E-state index in [0.29, 0.717) is 44.0 Å². The molecule has 1 aromatic carbocycles. The van der Waals surface area contributed by atoms with Gasteiger partial charge < -0.3 is 14.4 Å². The van der Waals surface area contributed by atoms with Crippen molar-refractivity contribution in [3.8, 4) is 0 Å². The third-order valence-electron chi connectivity index (χ3n) is 5.21. The molecule has 0 bridgehead atoms. The summed E-state index contributed by atoms with van der Waals surface area (Å²) in [5, 5.41) is 0. The number of imide groups is 1. The van der Waals surface area contributed by atoms with Crippen molar-refractivity contribution in [1.29, 1.82) is 0 Å². The minimum absolute atomic E-state index is 0.132. The third kappa shape index (κ3) is 4.40. The van der Waals surface area contributed by atoms with Crippen molar-refractivity contribution in [1.82, 2.24) is 4.90 Å². The predicted octanol–water partition coefficient (Wildman–Crippen LogP) is -0.148. The summed E-state index contributed by atoms with van der Waals surface area (Å²) in [4.78, 5) is 52.9. The van der Waals surface area contributed by atoms with Crippen LogP contribution in [0.1, 0.15) is 30.6 Å². The second kappa shape index (κ2) is 9.04. The van der Waals surface area contributed by atoms with Crippen LogP contribution < -0.4 is 9.80 Å². The number of ether oxygens (including phenoxy) is 2. The van der Waals surface area contributed by atoms with E-state index in [0.717, 1.165) is 4.90 Å². The summed E-state index contributed by atoms with van der Waals surface area (Å²) in [6.45, 7) is 6.22. The van der Waals surface area contributed by atoms with Crippen LogP contribution in [-0.2, 0) is 19.1 Å². The fourth-order valence-corrected chi connectivity index (χ4v) is 3.72. The smallest absolute Gasteiger partial charge is 0.410 e. The molecule has 0 spiro atoms. The number of hydrogen-bond acceptors (Lipinski definition) is 6. The van der Waals surface area contributed by atoms with Gasteiger partial charge in [0, 0.05) is 0 Å². The highest BCUT2D eigenvalue weighted by atomic mass is 16.6. The van der Waals surface area contributed by atoms with Gasteiger partial charge in [-0.05, 0) is 38.1 Å². The molecule has 3 rings (SSSR count). The normalized spacial score (nSPS) is 20.1. The van der Waals surface area contributed by atoms with Gasteiger partial charge in [0.2, 0.25) is 5.91 Å². The Hall–Kier alpha value is -2.94. The topological polar surface area (TPSA) is 97.7 Å². The first kappa shape index (κ1) is 20.8. The second-order valence-corrected chi connectivity index (χ2v) is 6.94. The Kier molecular flexibility index (Phi) is 6.48. The number of nitrogens with one attached hydrogen (secondary N) is 1. The summed E-state index contributed by atoms with van der Waals surface area (Å²) >= 11 is 0. The van der Waals surface area contributed by atoms with Crippen molar-refractivity contribution in [2.45, 2.75) is 26.3 Å². The zero-order chi connectivity index (χ0) is 21.0. The molecule has 3 amide bonds. The molecule has 0 aliphatic carbocycles. The fourth-order valence-electron chi connectivity index (χ4n) is 3.72. The van der Waals surface area contributed by atoms with Crippen molar-refractivity contribution in [3.05, 3.63) is 29.8 Å². The summed E-state index contributed by atoms with van der Waals surface area (Å²) in [6, 6.07) is 5.80. The Labute approximate surface area is 169 Å². The first-order valence-corrected chi connectivity index (χ1v) is 9.86. The van der Waals surface area contributed by atoms with Crippen LogP contribution in [-0.4, -0.2) is 74.2 Å². The number of esters is 1. The van der Waals surface area contributed by atoms with Crippen LogP contribution in [0.3, 0.4) is 0 Å². The molecule has 1 aromatic rings. The molecule has 0 radical (unpaired) electrons. The summed E-state index contributed by atoms with van der Waals surface area (Å²) in [7, 11) is 0. The maximum Gasteiger partial charge on any atom is 0.410 e. The Morgan fingerprint density at radius 1 is 1.03 bits per heavy atom. The number of quaternary nitrogens is 1. The van der Waals surface area contributed by atoms with Gasteiger partial charge in [-0.3, -0.25) is 14.5 Å². The average Bonchev–Trinajstić information content (AvgIpc) is 3.02. The Bertz CT molecular complexity index is 786. The molecule has 9 nitrogen and oxygen atoms in total. The Morgan fingerprint density at radius 2 is 1.66 bits per heavy atom. The number of amides is 3. The van der Waals surface area contributed by atoms with E-state index in [-0.39, 0.29) is 30.9 Å².